The van der Waals surface area contributed by atoms with Crippen LogP contribution in [0.3, 0.4) is 0 Å². The molecule has 128 valence electrons. The van der Waals surface area contributed by atoms with E-state index in [1.165, 1.54) is 0 Å². The Morgan fingerprint density at radius 1 is 1.32 bits per heavy atom. The van der Waals surface area contributed by atoms with E-state index in [0.29, 0.717) is 6.07 Å². The summed E-state index contributed by atoms with van der Waals surface area (Å²) in [5.74, 6) is -1.71. The molecule has 7 nitrogen and oxygen atoms in total. The Morgan fingerprint density at radius 3 is 2.76 bits per heavy atom. The molecule has 8 heteroatoms. The number of carbonyl (C=O) groups excluding carboxylic acids is 2. The molecule has 0 fully saturated rings. The van der Waals surface area contributed by atoms with Crippen molar-refractivity contribution in [2.45, 2.75) is 19.4 Å². The molecule has 0 saturated carbocycles. The van der Waals surface area contributed by atoms with E-state index in [1.54, 1.807) is 19.1 Å². The zero-order chi connectivity index (χ0) is 18.1. The van der Waals surface area contributed by atoms with Gasteiger partial charge >= 0.3 is 0 Å². The second-order valence-electron chi connectivity index (χ2n) is 5.76. The molecule has 2 N–H and O–H groups in total. The summed E-state index contributed by atoms with van der Waals surface area (Å²) in [5, 5.41) is 16.0. The minimum atomic E-state index is -0.956. The van der Waals surface area contributed by atoms with E-state index in [-0.39, 0.29) is 17.9 Å². The second-order valence-corrected chi connectivity index (χ2v) is 5.76. The minimum absolute atomic E-state index is 0.0863. The number of anilines is 1. The number of rotatable bonds is 4. The zero-order valence-electron chi connectivity index (χ0n) is 13.2. The molecular formula is C17H14FN3O4. The van der Waals surface area contributed by atoms with Crippen LogP contribution >= 0.6 is 0 Å². The number of hydrogen-bond donors (Lipinski definition) is 2. The molecule has 2 amide bonds. The maximum Gasteiger partial charge on any atom is 0.272 e. The Labute approximate surface area is 142 Å². The van der Waals surface area contributed by atoms with Crippen LogP contribution in [0.4, 0.5) is 15.8 Å². The van der Waals surface area contributed by atoms with Gasteiger partial charge in [0, 0.05) is 11.8 Å². The summed E-state index contributed by atoms with van der Waals surface area (Å²) < 4.78 is 13.9. The number of nitrogens with one attached hydrogen (secondary N) is 2. The SMILES string of the molecule is C[C@H](NC(=O)c1ccc([N+](=O)[O-])cc1F)c1ccc2c(c1)CC(=O)N2. The number of fused-ring (bicyclic) bond motifs is 1. The van der Waals surface area contributed by atoms with Crippen molar-refractivity contribution in [3.63, 3.8) is 0 Å². The number of non-ortho nitro benzene ring substituents is 1. The summed E-state index contributed by atoms with van der Waals surface area (Å²) in [6.07, 6.45) is 0.279. The first-order valence-electron chi connectivity index (χ1n) is 7.52. The van der Waals surface area contributed by atoms with Gasteiger partial charge < -0.3 is 10.6 Å². The maximum absolute atomic E-state index is 13.9. The second kappa shape index (κ2) is 6.31. The molecule has 1 atom stereocenters. The number of amides is 2. The highest BCUT2D eigenvalue weighted by Gasteiger charge is 2.21. The van der Waals surface area contributed by atoms with Crippen molar-refractivity contribution in [2.24, 2.45) is 0 Å². The van der Waals surface area contributed by atoms with Gasteiger partial charge in [0.1, 0.15) is 5.82 Å². The molecule has 1 heterocycles. The highest BCUT2D eigenvalue weighted by molar-refractivity contribution is 5.99. The summed E-state index contributed by atoms with van der Waals surface area (Å²) in [5.41, 5.74) is 1.66. The van der Waals surface area contributed by atoms with Crippen molar-refractivity contribution < 1.29 is 18.9 Å². The molecule has 1 aliphatic heterocycles. The van der Waals surface area contributed by atoms with E-state index in [9.17, 15) is 24.1 Å². The number of nitrogens with zero attached hydrogens (tertiary/aromatic N) is 1. The Kier molecular flexibility index (Phi) is 4.18. The van der Waals surface area contributed by atoms with Crippen LogP contribution in [-0.2, 0) is 11.2 Å². The van der Waals surface area contributed by atoms with E-state index in [1.807, 2.05) is 6.07 Å². The van der Waals surface area contributed by atoms with Crippen molar-refractivity contribution in [2.75, 3.05) is 5.32 Å². The molecule has 0 unspecified atom stereocenters. The zero-order valence-corrected chi connectivity index (χ0v) is 13.2. The van der Waals surface area contributed by atoms with Crippen LogP contribution < -0.4 is 10.6 Å². The predicted molar refractivity (Wildman–Crippen MR) is 87.7 cm³/mol. The van der Waals surface area contributed by atoms with Gasteiger partial charge in [0.2, 0.25) is 5.91 Å². The first-order chi connectivity index (χ1) is 11.8. The van der Waals surface area contributed by atoms with Crippen LogP contribution in [-0.4, -0.2) is 16.7 Å². The van der Waals surface area contributed by atoms with Crippen molar-refractivity contribution in [1.29, 1.82) is 0 Å². The third kappa shape index (κ3) is 3.32. The van der Waals surface area contributed by atoms with Gasteiger partial charge in [-0.15, -0.1) is 0 Å². The highest BCUT2D eigenvalue weighted by atomic mass is 19.1. The van der Waals surface area contributed by atoms with Crippen LogP contribution in [0.15, 0.2) is 36.4 Å². The van der Waals surface area contributed by atoms with Gasteiger partial charge in [-0.3, -0.25) is 19.7 Å². The fraction of sp³-hybridized carbons (Fsp3) is 0.176. The minimum Gasteiger partial charge on any atom is -0.345 e. The van der Waals surface area contributed by atoms with Crippen LogP contribution in [0.25, 0.3) is 0 Å². The third-order valence-corrected chi connectivity index (χ3v) is 4.01. The van der Waals surface area contributed by atoms with E-state index < -0.39 is 28.4 Å². The smallest absolute Gasteiger partial charge is 0.272 e. The van der Waals surface area contributed by atoms with E-state index >= 15 is 0 Å². The number of hydrogen-bond acceptors (Lipinski definition) is 4. The molecule has 0 bridgehead atoms. The van der Waals surface area contributed by atoms with Crippen molar-refractivity contribution in [3.05, 3.63) is 69.0 Å². The molecule has 25 heavy (non-hydrogen) atoms. The normalized spacial score (nSPS) is 13.8. The molecule has 0 aliphatic carbocycles. The summed E-state index contributed by atoms with van der Waals surface area (Å²) in [6.45, 7) is 1.73. The molecule has 2 aromatic rings. The Balaban J connectivity index is 1.76. The largest absolute Gasteiger partial charge is 0.345 e. The average molecular weight is 343 g/mol. The van der Waals surface area contributed by atoms with Crippen molar-refractivity contribution in [1.82, 2.24) is 5.32 Å². The molecule has 0 radical (unpaired) electrons. The first kappa shape index (κ1) is 16.6. The van der Waals surface area contributed by atoms with Crippen LogP contribution in [0.5, 0.6) is 0 Å². The van der Waals surface area contributed by atoms with E-state index in [0.717, 1.165) is 28.9 Å². The van der Waals surface area contributed by atoms with Crippen LogP contribution in [0.1, 0.15) is 34.5 Å². The number of carbonyl (C=O) groups is 2. The van der Waals surface area contributed by atoms with Crippen molar-refractivity contribution in [3.8, 4) is 0 Å². The summed E-state index contributed by atoms with van der Waals surface area (Å²) in [4.78, 5) is 33.5. The van der Waals surface area contributed by atoms with E-state index in [2.05, 4.69) is 10.6 Å². The quantitative estimate of drug-likeness (QED) is 0.658. The van der Waals surface area contributed by atoms with Gasteiger partial charge in [0.25, 0.3) is 11.6 Å². The maximum atomic E-state index is 13.9. The van der Waals surface area contributed by atoms with Gasteiger partial charge in [0.05, 0.1) is 29.0 Å². The Hall–Kier alpha value is -3.29. The lowest BCUT2D eigenvalue weighted by atomic mass is 10.0. The van der Waals surface area contributed by atoms with Gasteiger partial charge in [-0.2, -0.15) is 0 Å². The van der Waals surface area contributed by atoms with Gasteiger partial charge in [-0.1, -0.05) is 12.1 Å². The molecule has 0 saturated heterocycles. The number of nitro benzene ring substituents is 1. The lowest BCUT2D eigenvalue weighted by molar-refractivity contribution is -0.385. The fourth-order valence-electron chi connectivity index (χ4n) is 2.68. The first-order valence-corrected chi connectivity index (χ1v) is 7.52. The molecule has 0 spiro atoms. The summed E-state index contributed by atoms with van der Waals surface area (Å²) in [6, 6.07) is 7.78. The predicted octanol–water partition coefficient (Wildman–Crippen LogP) is 2.72. The van der Waals surface area contributed by atoms with E-state index in [4.69, 9.17) is 0 Å². The Bertz CT molecular complexity index is 897. The lowest BCUT2D eigenvalue weighted by Gasteiger charge is -2.15. The standard InChI is InChI=1S/C17H14FN3O4/c1-9(10-2-5-15-11(6-10)7-16(22)20-15)19-17(23)13-4-3-12(21(24)25)8-14(13)18/h2-6,8-9H,7H2,1H3,(H,19,23)(H,20,22)/t9-/m0/s1. The molecule has 2 aromatic carbocycles. The van der Waals surface area contributed by atoms with Gasteiger partial charge in [0.15, 0.2) is 0 Å². The van der Waals surface area contributed by atoms with Crippen molar-refractivity contribution >= 4 is 23.2 Å². The fourth-order valence-corrected chi connectivity index (χ4v) is 2.68. The molecule has 0 aromatic heterocycles. The molecular weight excluding hydrogens is 329 g/mol. The third-order valence-electron chi connectivity index (χ3n) is 4.01. The summed E-state index contributed by atoms with van der Waals surface area (Å²) >= 11 is 0. The number of nitro groups is 1. The van der Waals surface area contributed by atoms with Gasteiger partial charge in [-0.05, 0) is 30.2 Å². The Morgan fingerprint density at radius 2 is 2.08 bits per heavy atom. The number of benzene rings is 2. The highest BCUT2D eigenvalue weighted by Crippen LogP contribution is 2.26. The molecule has 3 rings (SSSR count). The average Bonchev–Trinajstić information content (AvgIpc) is 2.93. The monoisotopic (exact) mass is 343 g/mol. The number of halogens is 1. The summed E-state index contributed by atoms with van der Waals surface area (Å²) in [7, 11) is 0. The molecule has 1 aliphatic rings. The van der Waals surface area contributed by atoms with Gasteiger partial charge in [-0.25, -0.2) is 4.39 Å². The lowest BCUT2D eigenvalue weighted by Crippen LogP contribution is -2.27. The van der Waals surface area contributed by atoms with Crippen LogP contribution in [0, 0.1) is 15.9 Å². The van der Waals surface area contributed by atoms with Crippen LogP contribution in [0.2, 0.25) is 0 Å². The topological polar surface area (TPSA) is 101 Å².